The van der Waals surface area contributed by atoms with E-state index in [1.165, 1.54) is 0 Å². The van der Waals surface area contributed by atoms with Crippen LogP contribution in [-0.4, -0.2) is 16.1 Å². The second kappa shape index (κ2) is 6.34. The maximum absolute atomic E-state index is 11.5. The summed E-state index contributed by atoms with van der Waals surface area (Å²) in [7, 11) is 0. The molecule has 1 amide bonds. The van der Waals surface area contributed by atoms with Gasteiger partial charge in [-0.1, -0.05) is 37.6 Å². The molecule has 2 rings (SSSR count). The molecule has 0 bridgehead atoms. The third-order valence-corrected chi connectivity index (χ3v) is 2.91. The van der Waals surface area contributed by atoms with E-state index in [-0.39, 0.29) is 11.8 Å². The van der Waals surface area contributed by atoms with Crippen molar-refractivity contribution >= 4 is 34.8 Å². The normalized spacial score (nSPS) is 10.4. The fourth-order valence-corrected chi connectivity index (χ4v) is 1.62. The maximum Gasteiger partial charge on any atom is 0.228 e. The lowest BCUT2D eigenvalue weighted by molar-refractivity contribution is -0.118. The van der Waals surface area contributed by atoms with Crippen molar-refractivity contribution in [2.24, 2.45) is 5.92 Å². The number of anilines is 3. The van der Waals surface area contributed by atoms with E-state index in [4.69, 9.17) is 11.6 Å². The number of hydrogen-bond acceptors (Lipinski definition) is 4. The molecule has 0 fully saturated rings. The molecule has 1 aromatic heterocycles. The zero-order valence-electron chi connectivity index (χ0n) is 11.2. The molecule has 1 aromatic carbocycles. The van der Waals surface area contributed by atoms with Crippen LogP contribution in [0.4, 0.5) is 17.3 Å². The number of benzene rings is 1. The van der Waals surface area contributed by atoms with Gasteiger partial charge in [0.05, 0.1) is 10.7 Å². The number of halogens is 1. The molecule has 0 aliphatic heterocycles. The van der Waals surface area contributed by atoms with Gasteiger partial charge in [-0.05, 0) is 24.3 Å². The monoisotopic (exact) mass is 290 g/mol. The van der Waals surface area contributed by atoms with Crippen LogP contribution in [0.5, 0.6) is 0 Å². The van der Waals surface area contributed by atoms with Crippen molar-refractivity contribution in [3.05, 3.63) is 41.4 Å². The Kier molecular flexibility index (Phi) is 4.53. The van der Waals surface area contributed by atoms with Crippen LogP contribution in [0, 0.1) is 5.92 Å². The quantitative estimate of drug-likeness (QED) is 0.905. The lowest BCUT2D eigenvalue weighted by Gasteiger charge is -2.08. The number of amides is 1. The molecule has 0 saturated carbocycles. The van der Waals surface area contributed by atoms with Crippen LogP contribution >= 0.6 is 11.6 Å². The van der Waals surface area contributed by atoms with E-state index in [1.807, 2.05) is 32.0 Å². The van der Waals surface area contributed by atoms with Gasteiger partial charge in [-0.3, -0.25) is 4.79 Å². The highest BCUT2D eigenvalue weighted by atomic mass is 35.5. The largest absolute Gasteiger partial charge is 0.338 e. The number of nitrogens with zero attached hydrogens (tertiary/aromatic N) is 2. The maximum atomic E-state index is 11.5. The smallest absolute Gasteiger partial charge is 0.228 e. The number of rotatable bonds is 4. The van der Waals surface area contributed by atoms with E-state index < -0.39 is 0 Å². The molecule has 5 nitrogen and oxygen atoms in total. The first-order valence-corrected chi connectivity index (χ1v) is 6.60. The summed E-state index contributed by atoms with van der Waals surface area (Å²) in [5.41, 5.74) is 0.752. The fourth-order valence-electron chi connectivity index (χ4n) is 1.44. The average Bonchev–Trinajstić information content (AvgIpc) is 2.43. The van der Waals surface area contributed by atoms with Crippen molar-refractivity contribution in [1.82, 2.24) is 10.2 Å². The van der Waals surface area contributed by atoms with Gasteiger partial charge >= 0.3 is 0 Å². The molecule has 0 radical (unpaired) electrons. The third-order valence-electron chi connectivity index (χ3n) is 2.58. The summed E-state index contributed by atoms with van der Waals surface area (Å²) < 4.78 is 0. The molecular formula is C14H15ClN4O. The second-order valence-corrected chi connectivity index (χ2v) is 4.96. The molecular weight excluding hydrogens is 276 g/mol. The van der Waals surface area contributed by atoms with Crippen LogP contribution in [0.15, 0.2) is 36.4 Å². The van der Waals surface area contributed by atoms with Gasteiger partial charge in [0, 0.05) is 5.92 Å². The Hall–Kier alpha value is -2.14. The van der Waals surface area contributed by atoms with Gasteiger partial charge in [0.1, 0.15) is 0 Å². The topological polar surface area (TPSA) is 66.9 Å². The number of carbonyl (C=O) groups is 1. The van der Waals surface area contributed by atoms with E-state index in [0.29, 0.717) is 16.7 Å². The highest BCUT2D eigenvalue weighted by molar-refractivity contribution is 6.33. The summed E-state index contributed by atoms with van der Waals surface area (Å²) in [4.78, 5) is 11.5. The van der Waals surface area contributed by atoms with Crippen molar-refractivity contribution in [2.75, 3.05) is 10.6 Å². The van der Waals surface area contributed by atoms with Crippen LogP contribution in [-0.2, 0) is 4.79 Å². The summed E-state index contributed by atoms with van der Waals surface area (Å²) in [6, 6.07) is 10.8. The van der Waals surface area contributed by atoms with Crippen LogP contribution in [0.2, 0.25) is 5.02 Å². The van der Waals surface area contributed by atoms with Gasteiger partial charge in [0.2, 0.25) is 5.91 Å². The van der Waals surface area contributed by atoms with Crippen LogP contribution < -0.4 is 10.6 Å². The molecule has 6 heteroatoms. The van der Waals surface area contributed by atoms with Crippen molar-refractivity contribution in [1.29, 1.82) is 0 Å². The number of aromatic nitrogens is 2. The molecule has 0 spiro atoms. The number of nitrogens with one attached hydrogen (secondary N) is 2. The second-order valence-electron chi connectivity index (χ2n) is 4.55. The minimum Gasteiger partial charge on any atom is -0.338 e. The Morgan fingerprint density at radius 3 is 2.35 bits per heavy atom. The van der Waals surface area contributed by atoms with Crippen molar-refractivity contribution < 1.29 is 4.79 Å². The molecule has 2 N–H and O–H groups in total. The average molecular weight is 291 g/mol. The van der Waals surface area contributed by atoms with Gasteiger partial charge in [-0.15, -0.1) is 10.2 Å². The molecule has 20 heavy (non-hydrogen) atoms. The Balaban J connectivity index is 2.05. The Labute approximate surface area is 122 Å². The molecule has 0 unspecified atom stereocenters. The lowest BCUT2D eigenvalue weighted by atomic mass is 10.2. The number of carbonyl (C=O) groups excluding carboxylic acids is 1. The van der Waals surface area contributed by atoms with Gasteiger partial charge in [-0.25, -0.2) is 0 Å². The molecule has 104 valence electrons. The Morgan fingerprint density at radius 2 is 1.75 bits per heavy atom. The zero-order chi connectivity index (χ0) is 14.5. The Bertz CT molecular complexity index is 598. The number of hydrogen-bond donors (Lipinski definition) is 2. The lowest BCUT2D eigenvalue weighted by Crippen LogP contribution is -2.18. The zero-order valence-corrected chi connectivity index (χ0v) is 12.0. The van der Waals surface area contributed by atoms with Crippen LogP contribution in [0.25, 0.3) is 0 Å². The first-order chi connectivity index (χ1) is 9.56. The summed E-state index contributed by atoms with van der Waals surface area (Å²) in [5, 5.41) is 14.3. The first kappa shape index (κ1) is 14.3. The molecule has 0 aliphatic carbocycles. The van der Waals surface area contributed by atoms with E-state index in [9.17, 15) is 4.79 Å². The van der Waals surface area contributed by atoms with Crippen LogP contribution in [0.1, 0.15) is 13.8 Å². The molecule has 1 heterocycles. The standard InChI is InChI=1S/C14H15ClN4O/c1-9(2)14(20)17-13-8-7-12(18-19-13)16-11-6-4-3-5-10(11)15/h3-9H,1-2H3,(H,16,18)(H,17,19,20). The van der Waals surface area contributed by atoms with E-state index in [2.05, 4.69) is 20.8 Å². The Morgan fingerprint density at radius 1 is 1.10 bits per heavy atom. The minimum atomic E-state index is -0.0993. The summed E-state index contributed by atoms with van der Waals surface area (Å²) in [6.07, 6.45) is 0. The SMILES string of the molecule is CC(C)C(=O)Nc1ccc(Nc2ccccc2Cl)nn1. The van der Waals surface area contributed by atoms with E-state index >= 15 is 0 Å². The molecule has 2 aromatic rings. The van der Waals surface area contributed by atoms with E-state index in [0.717, 1.165) is 5.69 Å². The molecule has 0 atom stereocenters. The third kappa shape index (κ3) is 3.68. The van der Waals surface area contributed by atoms with Gasteiger partial charge in [0.25, 0.3) is 0 Å². The van der Waals surface area contributed by atoms with Crippen molar-refractivity contribution in [3.8, 4) is 0 Å². The highest BCUT2D eigenvalue weighted by Gasteiger charge is 2.08. The van der Waals surface area contributed by atoms with Crippen LogP contribution in [0.3, 0.4) is 0 Å². The first-order valence-electron chi connectivity index (χ1n) is 6.22. The van der Waals surface area contributed by atoms with E-state index in [1.54, 1.807) is 18.2 Å². The molecule has 0 saturated heterocycles. The van der Waals surface area contributed by atoms with Gasteiger partial charge < -0.3 is 10.6 Å². The fraction of sp³-hybridized carbons (Fsp3) is 0.214. The van der Waals surface area contributed by atoms with Gasteiger partial charge in [-0.2, -0.15) is 0 Å². The summed E-state index contributed by atoms with van der Waals surface area (Å²) in [6.45, 7) is 3.63. The predicted octanol–water partition coefficient (Wildman–Crippen LogP) is 3.47. The van der Waals surface area contributed by atoms with Crippen molar-refractivity contribution in [2.45, 2.75) is 13.8 Å². The summed E-state index contributed by atoms with van der Waals surface area (Å²) >= 11 is 6.04. The van der Waals surface area contributed by atoms with Crippen molar-refractivity contribution in [3.63, 3.8) is 0 Å². The van der Waals surface area contributed by atoms with Gasteiger partial charge in [0.15, 0.2) is 11.6 Å². The predicted molar refractivity (Wildman–Crippen MR) is 80.2 cm³/mol. The summed E-state index contributed by atoms with van der Waals surface area (Å²) in [5.74, 6) is 0.790. The minimum absolute atomic E-state index is 0.0916. The highest BCUT2D eigenvalue weighted by Crippen LogP contribution is 2.23. The molecule has 0 aliphatic rings. The number of para-hydroxylation sites is 1.